The number of ether oxygens (including phenoxy) is 12. The Kier molecular flexibility index (Phi) is 23.6. The second-order valence-corrected chi connectivity index (χ2v) is 18.8. The highest BCUT2D eigenvalue weighted by atomic mass is 16.8. The van der Waals surface area contributed by atoms with Crippen LogP contribution in [0.3, 0.4) is 0 Å². The number of aliphatic hydroxyl groups is 19. The Morgan fingerprint density at radius 2 is 0.514 bits per heavy atom. The fraction of sp³-hybridized carbons (Fsp3) is 1.00. The van der Waals surface area contributed by atoms with Crippen LogP contribution >= 0.6 is 0 Å². The Bertz CT molecular complexity index is 1630. The molecule has 0 amide bonds. The molecule has 32 heteroatoms. The summed E-state index contributed by atoms with van der Waals surface area (Å²) in [6.45, 7) is -4.89. The predicted molar refractivity (Wildman–Crippen MR) is 230 cm³/mol. The highest BCUT2D eigenvalue weighted by Crippen LogP contribution is 2.37. The zero-order valence-corrected chi connectivity index (χ0v) is 39.8. The summed E-state index contributed by atoms with van der Waals surface area (Å²) in [6, 6.07) is 0. The van der Waals surface area contributed by atoms with Crippen molar-refractivity contribution in [1.82, 2.24) is 0 Å². The van der Waals surface area contributed by atoms with Gasteiger partial charge in [-0.2, -0.15) is 0 Å². The maximum Gasteiger partial charge on any atom is 0.187 e. The van der Waals surface area contributed by atoms with E-state index < -0.39 is 224 Å². The van der Waals surface area contributed by atoms with Crippen molar-refractivity contribution in [3.8, 4) is 0 Å². The van der Waals surface area contributed by atoms with Crippen LogP contribution in [-0.4, -0.2) is 334 Å². The highest BCUT2D eigenvalue weighted by molar-refractivity contribution is 5.00. The lowest BCUT2D eigenvalue weighted by atomic mass is 9.95. The molecule has 12 unspecified atom stereocenters. The Hall–Kier alpha value is -1.28. The highest BCUT2D eigenvalue weighted by Gasteiger charge is 2.57. The van der Waals surface area contributed by atoms with Gasteiger partial charge in [0.15, 0.2) is 37.7 Å². The summed E-state index contributed by atoms with van der Waals surface area (Å²) >= 11 is 0. The normalized spacial score (nSPS) is 49.5. The summed E-state index contributed by atoms with van der Waals surface area (Å²) < 4.78 is 67.3. The Balaban J connectivity index is 1.04. The molecule has 30 atom stereocenters. The van der Waals surface area contributed by atoms with E-state index in [0.717, 1.165) is 19.3 Å². The van der Waals surface area contributed by atoms with Crippen molar-refractivity contribution in [3.05, 3.63) is 0 Å². The van der Waals surface area contributed by atoms with Crippen molar-refractivity contribution < 1.29 is 154 Å². The second kappa shape index (κ2) is 28.2. The van der Waals surface area contributed by atoms with E-state index in [9.17, 15) is 97.0 Å². The third-order valence-corrected chi connectivity index (χ3v) is 13.8. The first-order valence-corrected chi connectivity index (χ1v) is 24.3. The SMILES string of the molecule is NCCCCCCO[C@H]1OC(CO)[C@H](O[C@H]2OC(CO)[C@@H](O[C@@H]3OC(CO)[C@@H](O[C@@H]4OC(CO)[C@@H](O[C@H]5OC(CO)[C@H](O[C@H]6OC(CO)[C@@H](O)[C@H](O)C6O)[C@H](O)C5O)[C@H](O)C4O)[C@H](O)C3O)[C@H](O)C2O)[C@H](O)C1O. The largest absolute Gasteiger partial charge is 0.394 e. The van der Waals surface area contributed by atoms with Gasteiger partial charge in [0, 0.05) is 6.61 Å². The molecule has 434 valence electrons. The molecular weight excluding hydrogens is 1010 g/mol. The number of hydrogen-bond donors (Lipinski definition) is 20. The molecule has 0 radical (unpaired) electrons. The van der Waals surface area contributed by atoms with Gasteiger partial charge in [-0.1, -0.05) is 12.8 Å². The number of aliphatic hydroxyl groups excluding tert-OH is 19. The van der Waals surface area contributed by atoms with Gasteiger partial charge in [-0.25, -0.2) is 0 Å². The molecular formula is C42H75NO31. The van der Waals surface area contributed by atoms with Gasteiger partial charge in [0.2, 0.25) is 0 Å². The third-order valence-electron chi connectivity index (χ3n) is 13.8. The first kappa shape index (κ1) is 61.9. The monoisotopic (exact) mass is 1090 g/mol. The van der Waals surface area contributed by atoms with E-state index in [0.29, 0.717) is 13.0 Å². The van der Waals surface area contributed by atoms with Crippen LogP contribution in [0.25, 0.3) is 0 Å². The number of hydrogen-bond acceptors (Lipinski definition) is 32. The molecule has 74 heavy (non-hydrogen) atoms. The smallest absolute Gasteiger partial charge is 0.187 e. The van der Waals surface area contributed by atoms with Crippen molar-refractivity contribution in [3.63, 3.8) is 0 Å². The van der Waals surface area contributed by atoms with Gasteiger partial charge in [-0.3, -0.25) is 0 Å². The van der Waals surface area contributed by atoms with Crippen LogP contribution in [0, 0.1) is 0 Å². The van der Waals surface area contributed by atoms with Crippen LogP contribution < -0.4 is 5.73 Å². The van der Waals surface area contributed by atoms with Crippen LogP contribution in [0.1, 0.15) is 25.7 Å². The van der Waals surface area contributed by atoms with E-state index in [-0.39, 0.29) is 6.61 Å². The van der Waals surface area contributed by atoms with E-state index >= 15 is 0 Å². The lowest BCUT2D eigenvalue weighted by Crippen LogP contribution is -2.68. The van der Waals surface area contributed by atoms with Gasteiger partial charge in [-0.05, 0) is 19.4 Å². The molecule has 0 bridgehead atoms. The van der Waals surface area contributed by atoms with Gasteiger partial charge in [0.05, 0.1) is 39.6 Å². The maximum atomic E-state index is 11.3. The van der Waals surface area contributed by atoms with Crippen molar-refractivity contribution in [2.75, 3.05) is 52.8 Å². The quantitative estimate of drug-likeness (QED) is 0.0423. The molecule has 0 aromatic heterocycles. The van der Waals surface area contributed by atoms with E-state index in [1.54, 1.807) is 0 Å². The zero-order valence-electron chi connectivity index (χ0n) is 39.8. The van der Waals surface area contributed by atoms with Gasteiger partial charge < -0.3 is 160 Å². The molecule has 21 N–H and O–H groups in total. The van der Waals surface area contributed by atoms with Crippen LogP contribution in [0.5, 0.6) is 0 Å². The van der Waals surface area contributed by atoms with E-state index in [4.69, 9.17) is 62.6 Å². The average Bonchev–Trinajstić information content (AvgIpc) is 3.39. The van der Waals surface area contributed by atoms with Gasteiger partial charge in [0.25, 0.3) is 0 Å². The second-order valence-electron chi connectivity index (χ2n) is 18.8. The minimum atomic E-state index is -2.17. The van der Waals surface area contributed by atoms with E-state index in [1.807, 2.05) is 0 Å². The molecule has 32 nitrogen and oxygen atoms in total. The first-order valence-electron chi connectivity index (χ1n) is 24.3. The first-order chi connectivity index (χ1) is 35.3. The fourth-order valence-corrected chi connectivity index (χ4v) is 9.44. The molecule has 6 heterocycles. The molecule has 0 saturated carbocycles. The fourth-order valence-electron chi connectivity index (χ4n) is 9.44. The topological polar surface area (TPSA) is 521 Å². The predicted octanol–water partition coefficient (Wildman–Crippen LogP) is -12.6. The minimum absolute atomic E-state index is 0.141. The minimum Gasteiger partial charge on any atom is -0.394 e. The van der Waals surface area contributed by atoms with Crippen molar-refractivity contribution in [2.45, 2.75) is 210 Å². The van der Waals surface area contributed by atoms with Gasteiger partial charge in [-0.15, -0.1) is 0 Å². The molecule has 6 rings (SSSR count). The third kappa shape index (κ3) is 13.6. The van der Waals surface area contributed by atoms with Crippen LogP contribution in [0.2, 0.25) is 0 Å². The lowest BCUT2D eigenvalue weighted by Gasteiger charge is -2.50. The Morgan fingerprint density at radius 3 is 0.797 bits per heavy atom. The van der Waals surface area contributed by atoms with Crippen LogP contribution in [0.15, 0.2) is 0 Å². The summed E-state index contributed by atoms with van der Waals surface area (Å²) in [5.41, 5.74) is 5.50. The molecule has 6 aliphatic rings. The summed E-state index contributed by atoms with van der Waals surface area (Å²) in [5.74, 6) is 0. The maximum absolute atomic E-state index is 11.3. The van der Waals surface area contributed by atoms with Crippen molar-refractivity contribution in [1.29, 1.82) is 0 Å². The molecule has 6 aliphatic heterocycles. The Labute approximate surface area is 421 Å². The van der Waals surface area contributed by atoms with Gasteiger partial charge >= 0.3 is 0 Å². The van der Waals surface area contributed by atoms with Gasteiger partial charge in [0.1, 0.15) is 146 Å². The summed E-state index contributed by atoms with van der Waals surface area (Å²) in [6.07, 6.45) is -52.3. The summed E-state index contributed by atoms with van der Waals surface area (Å²) in [5, 5.41) is 202. The lowest BCUT2D eigenvalue weighted by molar-refractivity contribution is -0.396. The molecule has 0 aromatic rings. The van der Waals surface area contributed by atoms with Crippen molar-refractivity contribution in [2.24, 2.45) is 5.73 Å². The van der Waals surface area contributed by atoms with E-state index in [2.05, 4.69) is 0 Å². The summed E-state index contributed by atoms with van der Waals surface area (Å²) in [7, 11) is 0. The molecule has 0 aromatic carbocycles. The standard InChI is InChI=1S/C42H75NO31/c43-5-3-1-2-4-6-63-37-27(58)21(52)32(14(8-45)65-37)71-39-29(60)23(54)34(16(10-47)67-39)73-41-31(62)25(56)36(18(12-49)69-41)74-42-30(61)24(55)35(17(11-48)68-42)72-40-28(59)22(53)33(15(9-46)66-40)70-38-26(57)20(51)19(50)13(7-44)64-38/h13-42,44-62H,1-12,43H2/t13?,14?,15?,16?,17?,18?,19-,20+,21-,22-,23-,24-,25-,26?,27?,28?,29?,30?,31?,32+,33+,34-,35-,36-,37+,38-,39-,40-,41+,42+/m1/s1. The van der Waals surface area contributed by atoms with Crippen LogP contribution in [0.4, 0.5) is 0 Å². The molecule has 0 aliphatic carbocycles. The summed E-state index contributed by atoms with van der Waals surface area (Å²) in [4.78, 5) is 0. The molecule has 0 spiro atoms. The number of nitrogens with two attached hydrogens (primary N) is 1. The molecule has 6 saturated heterocycles. The number of unbranched alkanes of at least 4 members (excludes halogenated alkanes) is 3. The van der Waals surface area contributed by atoms with E-state index in [1.165, 1.54) is 0 Å². The average molecular weight is 1090 g/mol. The number of rotatable bonds is 23. The van der Waals surface area contributed by atoms with Crippen molar-refractivity contribution >= 4 is 0 Å². The molecule has 6 fully saturated rings. The van der Waals surface area contributed by atoms with Crippen LogP contribution in [-0.2, 0) is 56.8 Å². The zero-order chi connectivity index (χ0) is 54.3. The Morgan fingerprint density at radius 1 is 0.270 bits per heavy atom.